The van der Waals surface area contributed by atoms with E-state index < -0.39 is 0 Å². The van der Waals surface area contributed by atoms with Crippen LogP contribution in [0.2, 0.25) is 20.1 Å². The van der Waals surface area contributed by atoms with Gasteiger partial charge in [-0.2, -0.15) is 0 Å². The van der Waals surface area contributed by atoms with Gasteiger partial charge < -0.3 is 0 Å². The second-order valence-corrected chi connectivity index (χ2v) is 5.51. The van der Waals surface area contributed by atoms with Crippen LogP contribution < -0.4 is 0 Å². The van der Waals surface area contributed by atoms with E-state index in [2.05, 4.69) is 4.98 Å². The van der Waals surface area contributed by atoms with E-state index in [4.69, 9.17) is 46.4 Å². The van der Waals surface area contributed by atoms with Gasteiger partial charge in [-0.15, -0.1) is 0 Å². The standard InChI is InChI=1S/C13H7Cl4NO/c14-8-2-1-7(10(16)4-8)3-12(19)13-11(17)5-9(15)6-18-13/h1-2,4-6H,3H2. The number of benzene rings is 1. The molecule has 0 N–H and O–H groups in total. The Balaban J connectivity index is 2.25. The highest BCUT2D eigenvalue weighted by atomic mass is 35.5. The van der Waals surface area contributed by atoms with Gasteiger partial charge in [-0.3, -0.25) is 4.79 Å². The molecule has 0 bridgehead atoms. The lowest BCUT2D eigenvalue weighted by Crippen LogP contribution is -2.07. The van der Waals surface area contributed by atoms with E-state index in [-0.39, 0.29) is 22.9 Å². The van der Waals surface area contributed by atoms with Gasteiger partial charge in [-0.05, 0) is 23.8 Å². The highest BCUT2D eigenvalue weighted by Crippen LogP contribution is 2.24. The molecule has 6 heteroatoms. The van der Waals surface area contributed by atoms with E-state index in [0.29, 0.717) is 20.6 Å². The van der Waals surface area contributed by atoms with Crippen molar-refractivity contribution >= 4 is 52.2 Å². The summed E-state index contributed by atoms with van der Waals surface area (Å²) >= 11 is 23.5. The molecule has 1 heterocycles. The fraction of sp³-hybridized carbons (Fsp3) is 0.0769. The molecule has 0 fully saturated rings. The summed E-state index contributed by atoms with van der Waals surface area (Å²) in [4.78, 5) is 16.0. The number of ketones is 1. The average Bonchev–Trinajstić information content (AvgIpc) is 2.32. The molecule has 0 saturated heterocycles. The number of rotatable bonds is 3. The van der Waals surface area contributed by atoms with Gasteiger partial charge in [0, 0.05) is 22.7 Å². The fourth-order valence-corrected chi connectivity index (χ4v) is 2.50. The number of hydrogen-bond donors (Lipinski definition) is 0. The maximum absolute atomic E-state index is 12.1. The number of hydrogen-bond acceptors (Lipinski definition) is 2. The highest BCUT2D eigenvalue weighted by Gasteiger charge is 2.15. The van der Waals surface area contributed by atoms with Crippen LogP contribution in [0.25, 0.3) is 0 Å². The molecule has 2 aromatic rings. The molecule has 2 rings (SSSR count). The summed E-state index contributed by atoms with van der Waals surface area (Å²) in [5, 5.41) is 1.56. The van der Waals surface area contributed by atoms with E-state index in [1.165, 1.54) is 12.3 Å². The number of pyridine rings is 1. The van der Waals surface area contributed by atoms with Gasteiger partial charge in [0.15, 0.2) is 5.78 Å². The molecule has 0 atom stereocenters. The average molecular weight is 335 g/mol. The topological polar surface area (TPSA) is 30.0 Å². The highest BCUT2D eigenvalue weighted by molar-refractivity contribution is 6.37. The normalized spacial score (nSPS) is 10.5. The molecule has 98 valence electrons. The summed E-state index contributed by atoms with van der Waals surface area (Å²) in [6, 6.07) is 6.44. The van der Waals surface area contributed by atoms with Crippen LogP contribution in [0.15, 0.2) is 30.5 Å². The van der Waals surface area contributed by atoms with Crippen molar-refractivity contribution in [3.05, 3.63) is 61.8 Å². The second kappa shape index (κ2) is 6.10. The summed E-state index contributed by atoms with van der Waals surface area (Å²) in [5.74, 6) is -0.231. The van der Waals surface area contributed by atoms with Gasteiger partial charge in [0.25, 0.3) is 0 Å². The third kappa shape index (κ3) is 3.61. The smallest absolute Gasteiger partial charge is 0.187 e. The molecule has 0 radical (unpaired) electrons. The molecule has 0 amide bonds. The number of carbonyl (C=O) groups excluding carboxylic acids is 1. The number of carbonyl (C=O) groups is 1. The predicted molar refractivity (Wildman–Crippen MR) is 78.8 cm³/mol. The quantitative estimate of drug-likeness (QED) is 0.729. The van der Waals surface area contributed by atoms with E-state index in [1.807, 2.05) is 0 Å². The van der Waals surface area contributed by atoms with E-state index in [9.17, 15) is 4.79 Å². The molecule has 19 heavy (non-hydrogen) atoms. The van der Waals surface area contributed by atoms with Gasteiger partial charge in [0.2, 0.25) is 0 Å². The van der Waals surface area contributed by atoms with Crippen molar-refractivity contribution in [1.82, 2.24) is 4.98 Å². The van der Waals surface area contributed by atoms with E-state index >= 15 is 0 Å². The van der Waals surface area contributed by atoms with Crippen LogP contribution in [-0.2, 0) is 6.42 Å². The largest absolute Gasteiger partial charge is 0.292 e. The summed E-state index contributed by atoms with van der Waals surface area (Å²) in [7, 11) is 0. The maximum atomic E-state index is 12.1. The van der Waals surface area contributed by atoms with Crippen molar-refractivity contribution in [2.45, 2.75) is 6.42 Å². The fourth-order valence-electron chi connectivity index (χ4n) is 1.54. The Morgan fingerprint density at radius 1 is 1.00 bits per heavy atom. The number of Topliss-reactive ketones (excluding diaryl/α,β-unsaturated/α-hetero) is 1. The Kier molecular flexibility index (Phi) is 4.69. The predicted octanol–water partition coefficient (Wildman–Crippen LogP) is 5.12. The zero-order valence-electron chi connectivity index (χ0n) is 9.46. The summed E-state index contributed by atoms with van der Waals surface area (Å²) < 4.78 is 0. The third-order valence-electron chi connectivity index (χ3n) is 2.44. The first-order chi connectivity index (χ1) is 8.97. The van der Waals surface area contributed by atoms with Crippen LogP contribution in [0.1, 0.15) is 16.1 Å². The zero-order chi connectivity index (χ0) is 14.0. The molecular formula is C13H7Cl4NO. The van der Waals surface area contributed by atoms with Crippen molar-refractivity contribution in [2.24, 2.45) is 0 Å². The monoisotopic (exact) mass is 333 g/mol. The Hall–Kier alpha value is -0.800. The molecule has 0 aliphatic rings. The van der Waals surface area contributed by atoms with Crippen molar-refractivity contribution in [1.29, 1.82) is 0 Å². The lowest BCUT2D eigenvalue weighted by molar-refractivity contribution is 0.0988. The van der Waals surface area contributed by atoms with Crippen LogP contribution in [0.4, 0.5) is 0 Å². The van der Waals surface area contributed by atoms with E-state index in [1.54, 1.807) is 18.2 Å². The van der Waals surface area contributed by atoms with Gasteiger partial charge in [-0.25, -0.2) is 4.98 Å². The minimum absolute atomic E-state index is 0.102. The van der Waals surface area contributed by atoms with E-state index in [0.717, 1.165) is 0 Å². The summed E-state index contributed by atoms with van der Waals surface area (Å²) in [5.41, 5.74) is 0.848. The van der Waals surface area contributed by atoms with Gasteiger partial charge in [0.05, 0.1) is 10.0 Å². The number of aromatic nitrogens is 1. The van der Waals surface area contributed by atoms with Gasteiger partial charge in [-0.1, -0.05) is 52.5 Å². The van der Waals surface area contributed by atoms with Gasteiger partial charge in [0.1, 0.15) is 5.69 Å². The molecule has 0 spiro atoms. The van der Waals surface area contributed by atoms with Crippen LogP contribution in [0.5, 0.6) is 0 Å². The minimum Gasteiger partial charge on any atom is -0.292 e. The molecular weight excluding hydrogens is 328 g/mol. The Labute approximate surface area is 130 Å². The summed E-state index contributed by atoms with van der Waals surface area (Å²) in [6.45, 7) is 0. The number of halogens is 4. The first kappa shape index (κ1) is 14.6. The lowest BCUT2D eigenvalue weighted by Gasteiger charge is -2.05. The molecule has 1 aromatic heterocycles. The first-order valence-corrected chi connectivity index (χ1v) is 6.76. The lowest BCUT2D eigenvalue weighted by atomic mass is 10.1. The van der Waals surface area contributed by atoms with Crippen LogP contribution in [0, 0.1) is 0 Å². The maximum Gasteiger partial charge on any atom is 0.187 e. The Morgan fingerprint density at radius 3 is 2.32 bits per heavy atom. The minimum atomic E-state index is -0.231. The second-order valence-electron chi connectivity index (χ2n) is 3.82. The molecule has 0 unspecified atom stereocenters. The van der Waals surface area contributed by atoms with Crippen LogP contribution >= 0.6 is 46.4 Å². The molecule has 0 aliphatic carbocycles. The van der Waals surface area contributed by atoms with Crippen LogP contribution in [-0.4, -0.2) is 10.8 Å². The van der Waals surface area contributed by atoms with Crippen molar-refractivity contribution in [3.8, 4) is 0 Å². The van der Waals surface area contributed by atoms with Crippen LogP contribution in [0.3, 0.4) is 0 Å². The first-order valence-electron chi connectivity index (χ1n) is 5.25. The zero-order valence-corrected chi connectivity index (χ0v) is 12.5. The SMILES string of the molecule is O=C(Cc1ccc(Cl)cc1Cl)c1ncc(Cl)cc1Cl. The third-order valence-corrected chi connectivity index (χ3v) is 3.52. The molecule has 2 nitrogen and oxygen atoms in total. The molecule has 1 aromatic carbocycles. The van der Waals surface area contributed by atoms with Gasteiger partial charge >= 0.3 is 0 Å². The number of nitrogens with zero attached hydrogens (tertiary/aromatic N) is 1. The Bertz CT molecular complexity index is 643. The molecule has 0 aliphatic heterocycles. The molecule has 0 saturated carbocycles. The van der Waals surface area contributed by atoms with Crippen molar-refractivity contribution < 1.29 is 4.79 Å². The Morgan fingerprint density at radius 2 is 1.68 bits per heavy atom. The van der Waals surface area contributed by atoms with Crippen molar-refractivity contribution in [3.63, 3.8) is 0 Å². The van der Waals surface area contributed by atoms with Crippen molar-refractivity contribution in [2.75, 3.05) is 0 Å². The summed E-state index contributed by atoms with van der Waals surface area (Å²) in [6.07, 6.45) is 1.48.